The van der Waals surface area contributed by atoms with Crippen LogP contribution in [0.4, 0.5) is 0 Å². The zero-order valence-electron chi connectivity index (χ0n) is 17.0. The van der Waals surface area contributed by atoms with E-state index in [1.165, 1.54) is 20.3 Å². The average molecular weight is 427 g/mol. The van der Waals surface area contributed by atoms with Crippen LogP contribution in [-0.4, -0.2) is 50.1 Å². The molecule has 1 amide bonds. The molecule has 3 rings (SSSR count). The molecule has 1 heterocycles. The molecule has 0 aromatic heterocycles. The van der Waals surface area contributed by atoms with E-state index in [1.807, 2.05) is 0 Å². The number of rotatable bonds is 9. The van der Waals surface area contributed by atoms with Crippen molar-refractivity contribution >= 4 is 23.7 Å². The first-order valence-electron chi connectivity index (χ1n) is 9.33. The lowest BCUT2D eigenvalue weighted by molar-refractivity contribution is -0.137. The second-order valence-corrected chi connectivity index (χ2v) is 6.49. The Morgan fingerprint density at radius 1 is 1.10 bits per heavy atom. The summed E-state index contributed by atoms with van der Waals surface area (Å²) in [6.45, 7) is -0.273. The lowest BCUT2D eigenvalue weighted by atomic mass is 10.1. The van der Waals surface area contributed by atoms with Gasteiger partial charge in [-0.1, -0.05) is 6.07 Å². The number of amides is 1. The number of carbonyl (C=O) groups excluding carboxylic acids is 2. The van der Waals surface area contributed by atoms with Gasteiger partial charge in [0.05, 0.1) is 26.2 Å². The van der Waals surface area contributed by atoms with E-state index in [4.69, 9.17) is 24.1 Å². The maximum absolute atomic E-state index is 12.6. The molecule has 31 heavy (non-hydrogen) atoms. The molecule has 0 fully saturated rings. The summed E-state index contributed by atoms with van der Waals surface area (Å²) in [6.07, 6.45) is 1.43. The fraction of sp³-hybridized carbons (Fsp3) is 0.227. The number of ether oxygens (including phenoxy) is 4. The van der Waals surface area contributed by atoms with Crippen molar-refractivity contribution in [1.29, 1.82) is 0 Å². The second-order valence-electron chi connectivity index (χ2n) is 6.49. The molecule has 0 bridgehead atoms. The Hall–Kier alpha value is -4.01. The molecule has 0 radical (unpaired) electrons. The van der Waals surface area contributed by atoms with Crippen molar-refractivity contribution < 1.29 is 38.4 Å². The van der Waals surface area contributed by atoms with E-state index in [9.17, 15) is 14.4 Å². The van der Waals surface area contributed by atoms with Gasteiger partial charge in [0.15, 0.2) is 23.9 Å². The molecule has 2 aromatic carbocycles. The van der Waals surface area contributed by atoms with Gasteiger partial charge in [0, 0.05) is 12.6 Å². The number of carboxylic acids is 1. The Balaban J connectivity index is 1.66. The van der Waals surface area contributed by atoms with Crippen LogP contribution in [0.3, 0.4) is 0 Å². The Morgan fingerprint density at radius 3 is 2.58 bits per heavy atom. The number of benzene rings is 2. The summed E-state index contributed by atoms with van der Waals surface area (Å²) in [6, 6.07) is 9.86. The minimum absolute atomic E-state index is 0.0175. The van der Waals surface area contributed by atoms with Crippen LogP contribution in [0, 0.1) is 0 Å². The zero-order valence-corrected chi connectivity index (χ0v) is 17.0. The minimum atomic E-state index is -1.00. The monoisotopic (exact) mass is 427 g/mol. The third kappa shape index (κ3) is 5.33. The van der Waals surface area contributed by atoms with E-state index in [0.717, 1.165) is 0 Å². The molecule has 0 aliphatic carbocycles. The van der Waals surface area contributed by atoms with Crippen molar-refractivity contribution in [2.75, 3.05) is 27.4 Å². The summed E-state index contributed by atoms with van der Waals surface area (Å²) >= 11 is 0. The van der Waals surface area contributed by atoms with E-state index in [1.54, 1.807) is 36.4 Å². The summed E-state index contributed by atoms with van der Waals surface area (Å²) in [5.74, 6) is 0.172. The molecular formula is C22H21NO8. The number of methoxy groups -OCH3 is 2. The molecule has 1 aliphatic rings. The van der Waals surface area contributed by atoms with Crippen LogP contribution in [-0.2, 0) is 9.59 Å². The van der Waals surface area contributed by atoms with Gasteiger partial charge >= 0.3 is 5.97 Å². The second kappa shape index (κ2) is 9.66. The van der Waals surface area contributed by atoms with E-state index >= 15 is 0 Å². The number of nitrogens with one attached hydrogen (secondary N) is 1. The topological polar surface area (TPSA) is 120 Å². The van der Waals surface area contributed by atoms with Crippen molar-refractivity contribution in [3.8, 4) is 23.0 Å². The molecular weight excluding hydrogens is 406 g/mol. The van der Waals surface area contributed by atoms with Gasteiger partial charge in [0.2, 0.25) is 5.78 Å². The number of Topliss-reactive ketones (excluding diaryl/α,β-unsaturated/α-hetero) is 1. The molecule has 9 nitrogen and oxygen atoms in total. The first-order valence-corrected chi connectivity index (χ1v) is 9.33. The van der Waals surface area contributed by atoms with Crippen LogP contribution in [0.25, 0.3) is 6.08 Å². The first-order chi connectivity index (χ1) is 14.9. The van der Waals surface area contributed by atoms with E-state index < -0.39 is 11.9 Å². The standard InChI is InChI=1S/C22H21NO8/c1-28-16-6-3-13(9-18(16)29-2)10-19-22(27)15-5-4-14(11-17(15)31-19)30-12-20(24)23-8-7-21(25)26/h3-6,9-11H,7-8,12H2,1-2H3,(H,23,24)(H,25,26). The van der Waals surface area contributed by atoms with E-state index in [2.05, 4.69) is 5.32 Å². The number of hydrogen-bond acceptors (Lipinski definition) is 7. The van der Waals surface area contributed by atoms with Crippen molar-refractivity contribution in [2.45, 2.75) is 6.42 Å². The average Bonchev–Trinajstić information content (AvgIpc) is 3.06. The lowest BCUT2D eigenvalue weighted by Crippen LogP contribution is -2.30. The smallest absolute Gasteiger partial charge is 0.305 e. The number of allylic oxidation sites excluding steroid dienone is 1. The van der Waals surface area contributed by atoms with Gasteiger partial charge in [-0.3, -0.25) is 14.4 Å². The van der Waals surface area contributed by atoms with Crippen LogP contribution < -0.4 is 24.3 Å². The molecule has 9 heteroatoms. The molecule has 1 aliphatic heterocycles. The maximum Gasteiger partial charge on any atom is 0.305 e. The van der Waals surface area contributed by atoms with E-state index in [0.29, 0.717) is 34.1 Å². The molecule has 0 spiro atoms. The Labute approximate surface area is 178 Å². The zero-order chi connectivity index (χ0) is 22.4. The summed E-state index contributed by atoms with van der Waals surface area (Å²) in [5, 5.41) is 11.0. The van der Waals surface area contributed by atoms with Gasteiger partial charge in [-0.15, -0.1) is 0 Å². The Bertz CT molecular complexity index is 1040. The minimum Gasteiger partial charge on any atom is -0.493 e. The van der Waals surface area contributed by atoms with Crippen molar-refractivity contribution in [1.82, 2.24) is 5.32 Å². The number of carbonyl (C=O) groups is 3. The molecule has 0 unspecified atom stereocenters. The van der Waals surface area contributed by atoms with E-state index in [-0.39, 0.29) is 31.1 Å². The predicted molar refractivity (Wildman–Crippen MR) is 110 cm³/mol. The van der Waals surface area contributed by atoms with Crippen LogP contribution >= 0.6 is 0 Å². The maximum atomic E-state index is 12.6. The van der Waals surface area contributed by atoms with Crippen molar-refractivity contribution in [3.05, 3.63) is 53.3 Å². The molecule has 162 valence electrons. The van der Waals surface area contributed by atoms with Gasteiger partial charge in [-0.05, 0) is 35.9 Å². The quantitative estimate of drug-likeness (QED) is 0.585. The largest absolute Gasteiger partial charge is 0.493 e. The number of hydrogen-bond donors (Lipinski definition) is 2. The fourth-order valence-corrected chi connectivity index (χ4v) is 2.86. The third-order valence-electron chi connectivity index (χ3n) is 4.38. The number of fused-ring (bicyclic) bond motifs is 1. The molecule has 2 N–H and O–H groups in total. The van der Waals surface area contributed by atoms with Gasteiger partial charge in [0.25, 0.3) is 5.91 Å². The van der Waals surface area contributed by atoms with Gasteiger partial charge in [-0.2, -0.15) is 0 Å². The molecule has 0 saturated carbocycles. The fourth-order valence-electron chi connectivity index (χ4n) is 2.86. The summed E-state index contributed by atoms with van der Waals surface area (Å²) in [5.41, 5.74) is 1.08. The third-order valence-corrected chi connectivity index (χ3v) is 4.38. The Morgan fingerprint density at radius 2 is 1.87 bits per heavy atom. The first kappa shape index (κ1) is 21.7. The van der Waals surface area contributed by atoms with Crippen LogP contribution in [0.2, 0.25) is 0 Å². The van der Waals surface area contributed by atoms with Crippen LogP contribution in [0.15, 0.2) is 42.2 Å². The SMILES string of the molecule is COc1ccc(C=C2Oc3cc(OCC(=O)NCCC(=O)O)ccc3C2=O)cc1OC. The van der Waals surface area contributed by atoms with Crippen molar-refractivity contribution in [3.63, 3.8) is 0 Å². The molecule has 2 aromatic rings. The summed E-state index contributed by atoms with van der Waals surface area (Å²) in [7, 11) is 3.06. The predicted octanol–water partition coefficient (Wildman–Crippen LogP) is 2.29. The lowest BCUT2D eigenvalue weighted by Gasteiger charge is -2.08. The number of aliphatic carboxylic acids is 1. The highest BCUT2D eigenvalue weighted by Crippen LogP contribution is 2.35. The molecule has 0 atom stereocenters. The summed E-state index contributed by atoms with van der Waals surface area (Å²) in [4.78, 5) is 34.8. The van der Waals surface area contributed by atoms with Gasteiger partial charge < -0.3 is 29.4 Å². The van der Waals surface area contributed by atoms with Crippen LogP contribution in [0.5, 0.6) is 23.0 Å². The number of carboxylic acid groups (broad SMARTS) is 1. The highest BCUT2D eigenvalue weighted by molar-refractivity contribution is 6.14. The highest BCUT2D eigenvalue weighted by Gasteiger charge is 2.28. The number of ketones is 1. The molecule has 0 saturated heterocycles. The Kier molecular flexibility index (Phi) is 6.76. The normalized spacial score (nSPS) is 13.4. The summed E-state index contributed by atoms with van der Waals surface area (Å²) < 4.78 is 21.6. The van der Waals surface area contributed by atoms with Gasteiger partial charge in [0.1, 0.15) is 11.5 Å². The van der Waals surface area contributed by atoms with Crippen molar-refractivity contribution in [2.24, 2.45) is 0 Å². The van der Waals surface area contributed by atoms with Gasteiger partial charge in [-0.25, -0.2) is 0 Å². The highest BCUT2D eigenvalue weighted by atomic mass is 16.5. The van der Waals surface area contributed by atoms with Crippen LogP contribution in [0.1, 0.15) is 22.3 Å².